The van der Waals surface area contributed by atoms with E-state index in [1.54, 1.807) is 0 Å². The number of carbonyl (C=O) groups is 1. The minimum Gasteiger partial charge on any atom is -0.336 e. The molecule has 5 heteroatoms. The molecule has 0 aliphatic carbocycles. The van der Waals surface area contributed by atoms with Gasteiger partial charge in [-0.2, -0.15) is 0 Å². The summed E-state index contributed by atoms with van der Waals surface area (Å²) in [4.78, 5) is 13.7. The van der Waals surface area contributed by atoms with Crippen LogP contribution >= 0.6 is 0 Å². The lowest BCUT2D eigenvalue weighted by Gasteiger charge is -2.37. The minimum atomic E-state index is 0.0718. The van der Waals surface area contributed by atoms with E-state index in [0.717, 1.165) is 32.6 Å². The van der Waals surface area contributed by atoms with Crippen molar-refractivity contribution in [3.8, 4) is 0 Å². The predicted octanol–water partition coefficient (Wildman–Crippen LogP) is 0.235. The number of carbonyl (C=O) groups excluding carboxylic acids is 1. The smallest absolute Gasteiger partial charge is 0.317 e. The number of amides is 2. The van der Waals surface area contributed by atoms with Crippen molar-refractivity contribution in [3.05, 3.63) is 0 Å². The highest BCUT2D eigenvalue weighted by Crippen LogP contribution is 2.24. The topological polar surface area (TPSA) is 56.4 Å². The maximum absolute atomic E-state index is 11.8. The van der Waals surface area contributed by atoms with Gasteiger partial charge in [-0.25, -0.2) is 4.79 Å². The summed E-state index contributed by atoms with van der Waals surface area (Å²) in [6.45, 7) is 7.68. The van der Waals surface area contributed by atoms with Gasteiger partial charge in [-0.15, -0.1) is 0 Å². The number of hydrogen-bond donors (Lipinski definition) is 3. The van der Waals surface area contributed by atoms with Gasteiger partial charge >= 0.3 is 6.03 Å². The van der Waals surface area contributed by atoms with Crippen LogP contribution < -0.4 is 16.0 Å². The summed E-state index contributed by atoms with van der Waals surface area (Å²) in [6.07, 6.45) is 1.05. The van der Waals surface area contributed by atoms with Crippen LogP contribution in [0.25, 0.3) is 0 Å². The van der Waals surface area contributed by atoms with Gasteiger partial charge in [0, 0.05) is 37.6 Å². The van der Waals surface area contributed by atoms with Crippen molar-refractivity contribution in [2.45, 2.75) is 26.3 Å². The third-order valence-corrected chi connectivity index (χ3v) is 3.70. The van der Waals surface area contributed by atoms with Crippen LogP contribution in [0.4, 0.5) is 4.79 Å². The van der Waals surface area contributed by atoms with Crippen LogP contribution in [-0.2, 0) is 0 Å². The standard InChI is InChI=1S/C12H26N4O/c1-5-12(7-13-3,8-14-4)9-16-10(2)6-15-11(16)17/h10,13-14H,5-9H2,1-4H3,(H,15,17). The first-order valence-corrected chi connectivity index (χ1v) is 6.42. The van der Waals surface area contributed by atoms with E-state index in [9.17, 15) is 4.79 Å². The van der Waals surface area contributed by atoms with Crippen molar-refractivity contribution in [2.24, 2.45) is 5.41 Å². The summed E-state index contributed by atoms with van der Waals surface area (Å²) in [5, 5.41) is 9.40. The molecule has 0 spiro atoms. The normalized spacial score (nSPS) is 20.8. The molecule has 0 aromatic carbocycles. The van der Waals surface area contributed by atoms with Crippen molar-refractivity contribution in [1.29, 1.82) is 0 Å². The van der Waals surface area contributed by atoms with Gasteiger partial charge in [0.15, 0.2) is 0 Å². The third kappa shape index (κ3) is 3.33. The Balaban J connectivity index is 2.73. The van der Waals surface area contributed by atoms with Gasteiger partial charge in [0.1, 0.15) is 0 Å². The Morgan fingerprint density at radius 1 is 1.41 bits per heavy atom. The molecule has 5 nitrogen and oxygen atoms in total. The molecule has 17 heavy (non-hydrogen) atoms. The minimum absolute atomic E-state index is 0.0718. The van der Waals surface area contributed by atoms with Gasteiger partial charge in [0.25, 0.3) is 0 Å². The molecule has 1 heterocycles. The van der Waals surface area contributed by atoms with Crippen LogP contribution in [0.5, 0.6) is 0 Å². The molecule has 2 amide bonds. The second-order valence-electron chi connectivity index (χ2n) is 5.08. The molecule has 0 bridgehead atoms. The van der Waals surface area contributed by atoms with E-state index in [0.29, 0.717) is 6.04 Å². The highest BCUT2D eigenvalue weighted by molar-refractivity contribution is 5.76. The summed E-state index contributed by atoms with van der Waals surface area (Å²) in [6, 6.07) is 0.365. The SMILES string of the molecule is CCC(CNC)(CNC)CN1C(=O)NCC1C. The predicted molar refractivity (Wildman–Crippen MR) is 70.1 cm³/mol. The van der Waals surface area contributed by atoms with Crippen molar-refractivity contribution in [3.63, 3.8) is 0 Å². The molecule has 3 N–H and O–H groups in total. The maximum atomic E-state index is 11.8. The number of rotatable bonds is 7. The third-order valence-electron chi connectivity index (χ3n) is 3.70. The molecule has 1 rings (SSSR count). The molecule has 1 fully saturated rings. The zero-order valence-corrected chi connectivity index (χ0v) is 11.5. The molecule has 0 saturated carbocycles. The molecule has 0 radical (unpaired) electrons. The van der Waals surface area contributed by atoms with Crippen LogP contribution in [0.2, 0.25) is 0 Å². The fourth-order valence-corrected chi connectivity index (χ4v) is 2.52. The van der Waals surface area contributed by atoms with E-state index >= 15 is 0 Å². The fraction of sp³-hybridized carbons (Fsp3) is 0.917. The highest BCUT2D eigenvalue weighted by Gasteiger charge is 2.36. The summed E-state index contributed by atoms with van der Waals surface area (Å²) >= 11 is 0. The van der Waals surface area contributed by atoms with Crippen LogP contribution in [0.15, 0.2) is 0 Å². The van der Waals surface area contributed by atoms with Crippen molar-refractivity contribution >= 4 is 6.03 Å². The van der Waals surface area contributed by atoms with E-state index in [1.807, 2.05) is 19.0 Å². The zero-order chi connectivity index (χ0) is 12.9. The van der Waals surface area contributed by atoms with E-state index in [2.05, 4.69) is 29.8 Å². The van der Waals surface area contributed by atoms with Crippen LogP contribution in [0.3, 0.4) is 0 Å². The molecule has 1 unspecified atom stereocenters. The van der Waals surface area contributed by atoms with E-state index in [1.165, 1.54) is 0 Å². The lowest BCUT2D eigenvalue weighted by molar-refractivity contribution is 0.146. The van der Waals surface area contributed by atoms with Crippen LogP contribution in [-0.4, -0.2) is 57.2 Å². The van der Waals surface area contributed by atoms with Crippen molar-refractivity contribution in [2.75, 3.05) is 40.3 Å². The molecule has 1 aliphatic heterocycles. The molecule has 100 valence electrons. The lowest BCUT2D eigenvalue weighted by Crippen LogP contribution is -2.50. The van der Waals surface area contributed by atoms with Gasteiger partial charge < -0.3 is 20.9 Å². The lowest BCUT2D eigenvalue weighted by atomic mass is 9.84. The zero-order valence-electron chi connectivity index (χ0n) is 11.5. The Bertz CT molecular complexity index is 251. The van der Waals surface area contributed by atoms with E-state index < -0.39 is 0 Å². The first kappa shape index (κ1) is 14.3. The first-order chi connectivity index (χ1) is 8.08. The molecule has 1 aliphatic rings. The van der Waals surface area contributed by atoms with E-state index in [4.69, 9.17) is 0 Å². The Kier molecular flexibility index (Phi) is 5.21. The average molecular weight is 242 g/mol. The largest absolute Gasteiger partial charge is 0.336 e. The quantitative estimate of drug-likeness (QED) is 0.599. The number of nitrogens with one attached hydrogen (secondary N) is 3. The molecular weight excluding hydrogens is 216 g/mol. The maximum Gasteiger partial charge on any atom is 0.317 e. The fourth-order valence-electron chi connectivity index (χ4n) is 2.52. The molecular formula is C12H26N4O. The number of urea groups is 1. The van der Waals surface area contributed by atoms with Crippen molar-refractivity contribution < 1.29 is 4.79 Å². The number of nitrogens with zero attached hydrogens (tertiary/aromatic N) is 1. The molecule has 0 aromatic heterocycles. The molecule has 1 saturated heterocycles. The van der Waals surface area contributed by atoms with Crippen LogP contribution in [0.1, 0.15) is 20.3 Å². The Morgan fingerprint density at radius 3 is 2.35 bits per heavy atom. The van der Waals surface area contributed by atoms with Crippen LogP contribution in [0, 0.1) is 5.41 Å². The highest BCUT2D eigenvalue weighted by atomic mass is 16.2. The monoisotopic (exact) mass is 242 g/mol. The number of hydrogen-bond acceptors (Lipinski definition) is 3. The first-order valence-electron chi connectivity index (χ1n) is 6.42. The van der Waals surface area contributed by atoms with Gasteiger partial charge in [-0.3, -0.25) is 0 Å². The van der Waals surface area contributed by atoms with E-state index in [-0.39, 0.29) is 11.4 Å². The Labute approximate surface area is 104 Å². The second-order valence-corrected chi connectivity index (χ2v) is 5.08. The van der Waals surface area contributed by atoms with Gasteiger partial charge in [0.05, 0.1) is 0 Å². The summed E-state index contributed by atoms with van der Waals surface area (Å²) in [5.74, 6) is 0. The second kappa shape index (κ2) is 6.21. The Morgan fingerprint density at radius 2 is 2.00 bits per heavy atom. The van der Waals surface area contributed by atoms with Gasteiger partial charge in [-0.05, 0) is 27.4 Å². The summed E-state index contributed by atoms with van der Waals surface area (Å²) < 4.78 is 0. The summed E-state index contributed by atoms with van der Waals surface area (Å²) in [7, 11) is 3.93. The van der Waals surface area contributed by atoms with Crippen molar-refractivity contribution in [1.82, 2.24) is 20.9 Å². The average Bonchev–Trinajstić information content (AvgIpc) is 2.61. The Hall–Kier alpha value is -0.810. The summed E-state index contributed by atoms with van der Waals surface area (Å²) in [5.41, 5.74) is 0.111. The molecule has 1 atom stereocenters. The molecule has 0 aromatic rings. The van der Waals surface area contributed by atoms with Gasteiger partial charge in [0.2, 0.25) is 0 Å². The van der Waals surface area contributed by atoms with Gasteiger partial charge in [-0.1, -0.05) is 6.92 Å².